The molecule has 0 unspecified atom stereocenters. The molecule has 106 valence electrons. The molecule has 0 aliphatic rings. The first-order valence-electron chi connectivity index (χ1n) is 5.32. The van der Waals surface area contributed by atoms with Crippen molar-refractivity contribution in [3.63, 3.8) is 0 Å². The molecule has 2 aromatic rings. The van der Waals surface area contributed by atoms with Crippen molar-refractivity contribution < 1.29 is 4.92 Å². The zero-order valence-electron chi connectivity index (χ0n) is 10.2. The molecular weight excluding hydrogens is 319 g/mol. The number of nitro groups is 1. The predicted octanol–water partition coefficient (Wildman–Crippen LogP) is 2.39. The quantitative estimate of drug-likeness (QED) is 0.636. The number of nitro benzene ring substituents is 1. The number of anilines is 2. The summed E-state index contributed by atoms with van der Waals surface area (Å²) in [6.45, 7) is 0. The van der Waals surface area contributed by atoms with Gasteiger partial charge in [0.15, 0.2) is 0 Å². The van der Waals surface area contributed by atoms with Crippen LogP contribution in [-0.2, 0) is 0 Å². The zero-order chi connectivity index (χ0) is 15.7. The zero-order valence-corrected chi connectivity index (χ0v) is 11.7. The van der Waals surface area contributed by atoms with E-state index in [1.54, 1.807) is 0 Å². The summed E-state index contributed by atoms with van der Waals surface area (Å²) in [4.78, 5) is 17.7. The van der Waals surface area contributed by atoms with E-state index >= 15 is 0 Å². The molecule has 0 amide bonds. The number of nitriles is 1. The van der Waals surface area contributed by atoms with Crippen molar-refractivity contribution in [3.05, 3.63) is 37.9 Å². The first-order chi connectivity index (χ1) is 9.85. The molecule has 1 aromatic carbocycles. The van der Waals surface area contributed by atoms with E-state index in [0.29, 0.717) is 0 Å². The van der Waals surface area contributed by atoms with E-state index in [1.165, 1.54) is 0 Å². The van der Waals surface area contributed by atoms with E-state index < -0.39 is 4.92 Å². The number of benzene rings is 1. The number of hydrogen-bond donors (Lipinski definition) is 2. The largest absolute Gasteiger partial charge is 0.382 e. The van der Waals surface area contributed by atoms with Crippen LogP contribution >= 0.6 is 23.2 Å². The third-order valence-corrected chi connectivity index (χ3v) is 3.14. The van der Waals surface area contributed by atoms with Gasteiger partial charge in [0.2, 0.25) is 5.95 Å². The van der Waals surface area contributed by atoms with Gasteiger partial charge in [-0.05, 0) is 0 Å². The van der Waals surface area contributed by atoms with E-state index in [4.69, 9.17) is 39.9 Å². The van der Waals surface area contributed by atoms with Crippen molar-refractivity contribution in [1.82, 2.24) is 9.97 Å². The highest BCUT2D eigenvalue weighted by atomic mass is 35.5. The minimum atomic E-state index is -0.643. The molecular formula is C11H6Cl2N6O2. The third kappa shape index (κ3) is 2.65. The predicted molar refractivity (Wildman–Crippen MR) is 77.7 cm³/mol. The lowest BCUT2D eigenvalue weighted by molar-refractivity contribution is -0.384. The number of rotatable bonds is 2. The summed E-state index contributed by atoms with van der Waals surface area (Å²) >= 11 is 12.0. The molecule has 2 rings (SSSR count). The van der Waals surface area contributed by atoms with Crippen LogP contribution in [0.2, 0.25) is 10.0 Å². The van der Waals surface area contributed by atoms with E-state index in [2.05, 4.69) is 9.97 Å². The normalized spacial score (nSPS) is 10.1. The van der Waals surface area contributed by atoms with Gasteiger partial charge in [-0.25, -0.2) is 4.98 Å². The van der Waals surface area contributed by atoms with Gasteiger partial charge < -0.3 is 11.5 Å². The molecule has 0 atom stereocenters. The van der Waals surface area contributed by atoms with Crippen molar-refractivity contribution in [3.8, 4) is 17.3 Å². The van der Waals surface area contributed by atoms with Crippen LogP contribution in [0.25, 0.3) is 11.3 Å². The lowest BCUT2D eigenvalue weighted by atomic mass is 10.1. The van der Waals surface area contributed by atoms with Crippen LogP contribution in [0.15, 0.2) is 12.1 Å². The summed E-state index contributed by atoms with van der Waals surface area (Å²) in [5.74, 6) is -0.308. The minimum Gasteiger partial charge on any atom is -0.382 e. The Balaban J connectivity index is 2.80. The minimum absolute atomic E-state index is 0.0207. The molecule has 4 N–H and O–H groups in total. The highest BCUT2D eigenvalue weighted by Crippen LogP contribution is 2.39. The molecule has 0 spiro atoms. The van der Waals surface area contributed by atoms with Gasteiger partial charge in [-0.15, -0.1) is 0 Å². The Morgan fingerprint density at radius 2 is 1.81 bits per heavy atom. The first-order valence-corrected chi connectivity index (χ1v) is 6.07. The van der Waals surface area contributed by atoms with Crippen LogP contribution in [0.3, 0.4) is 0 Å². The van der Waals surface area contributed by atoms with Crippen molar-refractivity contribution >= 4 is 40.7 Å². The van der Waals surface area contributed by atoms with Crippen LogP contribution in [0.4, 0.5) is 17.5 Å². The van der Waals surface area contributed by atoms with Crippen molar-refractivity contribution in [2.24, 2.45) is 0 Å². The molecule has 0 fully saturated rings. The SMILES string of the molecule is N#Cc1c(N)nc(N)nc1-c1c(Cl)cc([N+](=O)[O-])cc1Cl. The van der Waals surface area contributed by atoms with Crippen LogP contribution in [0.5, 0.6) is 0 Å². The monoisotopic (exact) mass is 324 g/mol. The fraction of sp³-hybridized carbons (Fsp3) is 0. The number of nitrogens with two attached hydrogens (primary N) is 2. The van der Waals surface area contributed by atoms with Crippen LogP contribution < -0.4 is 11.5 Å². The lowest BCUT2D eigenvalue weighted by Crippen LogP contribution is -2.05. The fourth-order valence-corrected chi connectivity index (χ4v) is 2.33. The van der Waals surface area contributed by atoms with Gasteiger partial charge in [0.1, 0.15) is 17.5 Å². The van der Waals surface area contributed by atoms with Gasteiger partial charge in [0, 0.05) is 17.7 Å². The second kappa shape index (κ2) is 5.40. The Morgan fingerprint density at radius 1 is 1.24 bits per heavy atom. The number of aromatic nitrogens is 2. The maximum atomic E-state index is 10.8. The number of hydrogen-bond acceptors (Lipinski definition) is 7. The summed E-state index contributed by atoms with van der Waals surface area (Å²) in [6.07, 6.45) is 0. The molecule has 10 heteroatoms. The van der Waals surface area contributed by atoms with Gasteiger partial charge in [-0.1, -0.05) is 23.2 Å². The number of nitrogen functional groups attached to an aromatic ring is 2. The standard InChI is InChI=1S/C11H6Cl2N6O2/c12-6-1-4(19(20)21)2-7(13)8(6)9-5(3-14)10(15)18-11(16)17-9/h1-2H,(H4,15,16,17,18). The molecule has 0 saturated carbocycles. The molecule has 1 heterocycles. The van der Waals surface area contributed by atoms with Crippen LogP contribution in [-0.4, -0.2) is 14.9 Å². The third-order valence-electron chi connectivity index (χ3n) is 2.54. The van der Waals surface area contributed by atoms with E-state index in [0.717, 1.165) is 12.1 Å². The van der Waals surface area contributed by atoms with E-state index in [9.17, 15) is 10.1 Å². The molecule has 0 aliphatic carbocycles. The number of non-ortho nitro benzene ring substituents is 1. The maximum Gasteiger partial charge on any atom is 0.272 e. The topological polar surface area (TPSA) is 145 Å². The van der Waals surface area contributed by atoms with E-state index in [1.807, 2.05) is 6.07 Å². The molecule has 8 nitrogen and oxygen atoms in total. The Hall–Kier alpha value is -2.63. The van der Waals surface area contributed by atoms with Gasteiger partial charge >= 0.3 is 0 Å². The Kier molecular flexibility index (Phi) is 3.80. The Morgan fingerprint density at radius 3 is 2.29 bits per heavy atom. The Labute approximate surface area is 128 Å². The molecule has 0 bridgehead atoms. The second-order valence-electron chi connectivity index (χ2n) is 3.84. The molecule has 0 aliphatic heterocycles. The smallest absolute Gasteiger partial charge is 0.272 e. The molecule has 0 radical (unpaired) electrons. The van der Waals surface area contributed by atoms with Crippen molar-refractivity contribution in [2.75, 3.05) is 11.5 Å². The number of halogens is 2. The number of nitrogens with zero attached hydrogens (tertiary/aromatic N) is 4. The molecule has 0 saturated heterocycles. The lowest BCUT2D eigenvalue weighted by Gasteiger charge is -2.10. The summed E-state index contributed by atoms with van der Waals surface area (Å²) in [6, 6.07) is 4.02. The van der Waals surface area contributed by atoms with Gasteiger partial charge in [0.25, 0.3) is 5.69 Å². The van der Waals surface area contributed by atoms with Gasteiger partial charge in [0.05, 0.1) is 20.7 Å². The Bertz CT molecular complexity index is 779. The van der Waals surface area contributed by atoms with E-state index in [-0.39, 0.29) is 44.3 Å². The first kappa shape index (κ1) is 14.8. The maximum absolute atomic E-state index is 10.8. The highest BCUT2D eigenvalue weighted by molar-refractivity contribution is 6.39. The average Bonchev–Trinajstić information content (AvgIpc) is 2.37. The fourth-order valence-electron chi connectivity index (χ4n) is 1.68. The molecule has 1 aromatic heterocycles. The van der Waals surface area contributed by atoms with Crippen LogP contribution in [0.1, 0.15) is 5.56 Å². The van der Waals surface area contributed by atoms with Crippen molar-refractivity contribution in [2.45, 2.75) is 0 Å². The summed E-state index contributed by atoms with van der Waals surface area (Å²) < 4.78 is 0. The second-order valence-corrected chi connectivity index (χ2v) is 4.66. The van der Waals surface area contributed by atoms with Gasteiger partial charge in [-0.2, -0.15) is 10.2 Å². The van der Waals surface area contributed by atoms with Crippen LogP contribution in [0, 0.1) is 21.4 Å². The average molecular weight is 325 g/mol. The summed E-state index contributed by atoms with van der Waals surface area (Å²) in [7, 11) is 0. The van der Waals surface area contributed by atoms with Gasteiger partial charge in [-0.3, -0.25) is 10.1 Å². The van der Waals surface area contributed by atoms with Crippen molar-refractivity contribution in [1.29, 1.82) is 5.26 Å². The molecule has 21 heavy (non-hydrogen) atoms. The summed E-state index contributed by atoms with van der Waals surface area (Å²) in [5, 5.41) is 19.8. The summed E-state index contributed by atoms with van der Waals surface area (Å²) in [5.41, 5.74) is 10.9. The highest BCUT2D eigenvalue weighted by Gasteiger charge is 2.21.